The first kappa shape index (κ1) is 28.8. The van der Waals surface area contributed by atoms with Crippen LogP contribution < -0.4 is 14.2 Å². The fourth-order valence-corrected chi connectivity index (χ4v) is 3.18. The van der Waals surface area contributed by atoms with E-state index >= 15 is 0 Å². The zero-order valence-electron chi connectivity index (χ0n) is 21.1. The molecular formula is C30H27FO8. The standard InChI is InChI=1S/C30H27FO8/c1-3-36-29(33)16-17-37-25-10-8-23(9-11-25)22-4-6-24(7-5-22)30(34)39-27-14-12-26(13-15-27)38-19-18-35-20-28(32)21(2)31/h3-15H,1-2,16-20H2. The molecule has 0 atom stereocenters. The molecule has 202 valence electrons. The number of Topliss-reactive ketones (excluding diaryl/α,β-unsaturated/α-hetero) is 1. The van der Waals surface area contributed by atoms with Gasteiger partial charge in [-0.05, 0) is 59.7 Å². The van der Waals surface area contributed by atoms with E-state index in [-0.39, 0.29) is 26.2 Å². The Morgan fingerprint density at radius 3 is 1.87 bits per heavy atom. The van der Waals surface area contributed by atoms with Crippen molar-refractivity contribution in [2.75, 3.05) is 26.4 Å². The molecule has 0 aliphatic rings. The maximum Gasteiger partial charge on any atom is 0.343 e. The van der Waals surface area contributed by atoms with Crippen molar-refractivity contribution in [3.05, 3.63) is 104 Å². The third-order valence-corrected chi connectivity index (χ3v) is 5.16. The number of ether oxygens (including phenoxy) is 5. The molecule has 0 heterocycles. The van der Waals surface area contributed by atoms with Crippen LogP contribution in [0.3, 0.4) is 0 Å². The minimum Gasteiger partial charge on any atom is -0.493 e. The fraction of sp³-hybridized carbons (Fsp3) is 0.167. The summed E-state index contributed by atoms with van der Waals surface area (Å²) < 4.78 is 38.6. The summed E-state index contributed by atoms with van der Waals surface area (Å²) in [6.45, 7) is 6.28. The van der Waals surface area contributed by atoms with Crippen molar-refractivity contribution in [3.8, 4) is 28.4 Å². The van der Waals surface area contributed by atoms with Crippen molar-refractivity contribution >= 4 is 17.7 Å². The molecular weight excluding hydrogens is 507 g/mol. The molecule has 3 aromatic rings. The first-order valence-corrected chi connectivity index (χ1v) is 11.9. The molecule has 0 fully saturated rings. The van der Waals surface area contributed by atoms with Crippen LogP contribution >= 0.6 is 0 Å². The van der Waals surface area contributed by atoms with Gasteiger partial charge in [0.2, 0.25) is 5.78 Å². The van der Waals surface area contributed by atoms with Gasteiger partial charge in [0.25, 0.3) is 0 Å². The number of esters is 2. The summed E-state index contributed by atoms with van der Waals surface area (Å²) in [5.41, 5.74) is 2.21. The van der Waals surface area contributed by atoms with E-state index in [1.807, 2.05) is 24.3 Å². The number of rotatable bonds is 15. The molecule has 0 amide bonds. The van der Waals surface area contributed by atoms with Crippen LogP contribution in [0.5, 0.6) is 17.2 Å². The second kappa shape index (κ2) is 14.8. The first-order chi connectivity index (χ1) is 18.9. The van der Waals surface area contributed by atoms with E-state index < -0.39 is 30.2 Å². The van der Waals surface area contributed by atoms with Crippen LogP contribution in [-0.4, -0.2) is 44.1 Å². The summed E-state index contributed by atoms with van der Waals surface area (Å²) in [5, 5.41) is 0. The Bertz CT molecular complexity index is 1280. The van der Waals surface area contributed by atoms with Gasteiger partial charge in [-0.15, -0.1) is 0 Å². The van der Waals surface area contributed by atoms with Crippen LogP contribution in [-0.2, 0) is 19.1 Å². The maximum absolute atomic E-state index is 12.6. The summed E-state index contributed by atoms with van der Waals surface area (Å²) in [7, 11) is 0. The van der Waals surface area contributed by atoms with E-state index in [2.05, 4.69) is 17.9 Å². The van der Waals surface area contributed by atoms with Crippen molar-refractivity contribution in [3.63, 3.8) is 0 Å². The average molecular weight is 535 g/mol. The molecule has 9 heteroatoms. The Hall–Kier alpha value is -4.76. The van der Waals surface area contributed by atoms with Crippen molar-refractivity contribution in [2.24, 2.45) is 0 Å². The lowest BCUT2D eigenvalue weighted by Crippen LogP contribution is -2.13. The monoisotopic (exact) mass is 534 g/mol. The third-order valence-electron chi connectivity index (χ3n) is 5.16. The quantitative estimate of drug-likeness (QED) is 0.0832. The van der Waals surface area contributed by atoms with Crippen LogP contribution in [0, 0.1) is 0 Å². The summed E-state index contributed by atoms with van der Waals surface area (Å²) in [6, 6.07) is 20.7. The Morgan fingerprint density at radius 2 is 1.28 bits per heavy atom. The van der Waals surface area contributed by atoms with Crippen molar-refractivity contribution in [1.82, 2.24) is 0 Å². The molecule has 8 nitrogen and oxygen atoms in total. The maximum atomic E-state index is 12.6. The van der Waals surface area contributed by atoms with Gasteiger partial charge < -0.3 is 23.7 Å². The SMILES string of the molecule is C=COC(=O)CCOc1ccc(-c2ccc(C(=O)Oc3ccc(OCCOCC(=O)C(=C)F)cc3)cc2)cc1. The highest BCUT2D eigenvalue weighted by atomic mass is 19.1. The normalized spacial score (nSPS) is 10.3. The van der Waals surface area contributed by atoms with Gasteiger partial charge in [0.15, 0.2) is 5.83 Å². The van der Waals surface area contributed by atoms with Crippen molar-refractivity contribution < 1.29 is 42.5 Å². The van der Waals surface area contributed by atoms with E-state index in [4.69, 9.17) is 18.9 Å². The molecule has 0 aliphatic heterocycles. The molecule has 0 bridgehead atoms. The number of halogens is 1. The molecule has 3 rings (SSSR count). The van der Waals surface area contributed by atoms with Crippen molar-refractivity contribution in [2.45, 2.75) is 6.42 Å². The molecule has 3 aromatic carbocycles. The second-order valence-corrected chi connectivity index (χ2v) is 7.95. The lowest BCUT2D eigenvalue weighted by atomic mass is 10.0. The van der Waals surface area contributed by atoms with E-state index in [0.717, 1.165) is 17.4 Å². The predicted octanol–water partition coefficient (Wildman–Crippen LogP) is 5.48. The number of carbonyl (C=O) groups is 3. The van der Waals surface area contributed by atoms with Gasteiger partial charge in [-0.3, -0.25) is 9.59 Å². The van der Waals surface area contributed by atoms with E-state index in [1.165, 1.54) is 0 Å². The lowest BCUT2D eigenvalue weighted by molar-refractivity contribution is -0.138. The van der Waals surface area contributed by atoms with Crippen molar-refractivity contribution in [1.29, 1.82) is 0 Å². The molecule has 0 radical (unpaired) electrons. The Labute approximate surface area is 225 Å². The van der Waals surface area contributed by atoms with Gasteiger partial charge in [-0.25, -0.2) is 9.18 Å². The molecule has 0 unspecified atom stereocenters. The molecule has 0 spiro atoms. The molecule has 0 aromatic heterocycles. The second-order valence-electron chi connectivity index (χ2n) is 7.95. The zero-order valence-corrected chi connectivity index (χ0v) is 21.1. The van der Waals surface area contributed by atoms with Gasteiger partial charge in [0, 0.05) is 0 Å². The minimum atomic E-state index is -1.04. The third kappa shape index (κ3) is 9.56. The molecule has 0 saturated carbocycles. The zero-order chi connectivity index (χ0) is 28.0. The number of hydrogen-bond acceptors (Lipinski definition) is 8. The van der Waals surface area contributed by atoms with Crippen LogP contribution in [0.2, 0.25) is 0 Å². The van der Waals surface area contributed by atoms with Gasteiger partial charge in [-0.1, -0.05) is 37.4 Å². The van der Waals surface area contributed by atoms with Gasteiger partial charge in [-0.2, -0.15) is 0 Å². The van der Waals surface area contributed by atoms with Gasteiger partial charge >= 0.3 is 11.9 Å². The van der Waals surface area contributed by atoms with Crippen LogP contribution in [0.1, 0.15) is 16.8 Å². The Morgan fingerprint density at radius 1 is 0.744 bits per heavy atom. The first-order valence-electron chi connectivity index (χ1n) is 11.9. The fourth-order valence-electron chi connectivity index (χ4n) is 3.18. The van der Waals surface area contributed by atoms with Crippen LogP contribution in [0.4, 0.5) is 4.39 Å². The van der Waals surface area contributed by atoms with Crippen LogP contribution in [0.25, 0.3) is 11.1 Å². The predicted molar refractivity (Wildman–Crippen MR) is 141 cm³/mol. The molecule has 39 heavy (non-hydrogen) atoms. The van der Waals surface area contributed by atoms with E-state index in [9.17, 15) is 18.8 Å². The molecule has 0 aliphatic carbocycles. The summed E-state index contributed by atoms with van der Waals surface area (Å²) in [5.74, 6) is -1.31. The Kier molecular flexibility index (Phi) is 11.0. The highest BCUT2D eigenvalue weighted by Crippen LogP contribution is 2.24. The van der Waals surface area contributed by atoms with Crippen LogP contribution in [0.15, 0.2) is 98.0 Å². The van der Waals surface area contributed by atoms with E-state index in [0.29, 0.717) is 22.8 Å². The minimum absolute atomic E-state index is 0.0953. The van der Waals surface area contributed by atoms with Gasteiger partial charge in [0.05, 0.1) is 31.5 Å². The molecule has 0 saturated heterocycles. The highest BCUT2D eigenvalue weighted by molar-refractivity contribution is 5.93. The summed E-state index contributed by atoms with van der Waals surface area (Å²) in [6.07, 6.45) is 1.20. The van der Waals surface area contributed by atoms with E-state index in [1.54, 1.807) is 48.5 Å². The largest absolute Gasteiger partial charge is 0.493 e. The Balaban J connectivity index is 1.44. The average Bonchev–Trinajstić information content (AvgIpc) is 2.94. The van der Waals surface area contributed by atoms with Gasteiger partial charge in [0.1, 0.15) is 30.5 Å². The topological polar surface area (TPSA) is 97.4 Å². The molecule has 0 N–H and O–H groups in total. The number of hydrogen-bond donors (Lipinski definition) is 0. The lowest BCUT2D eigenvalue weighted by Gasteiger charge is -2.09. The highest BCUT2D eigenvalue weighted by Gasteiger charge is 2.10. The smallest absolute Gasteiger partial charge is 0.343 e. The number of benzene rings is 3. The number of carbonyl (C=O) groups excluding carboxylic acids is 3. The summed E-state index contributed by atoms with van der Waals surface area (Å²) in [4.78, 5) is 34.9. The summed E-state index contributed by atoms with van der Waals surface area (Å²) >= 11 is 0. The number of ketones is 1.